The molecule has 0 atom stereocenters. The molecule has 8 heteroatoms. The molecule has 0 heterocycles. The maximum absolute atomic E-state index is 12.4. The van der Waals surface area contributed by atoms with Crippen molar-refractivity contribution in [1.29, 1.82) is 0 Å². The quantitative estimate of drug-likeness (QED) is 0.718. The first-order valence-corrected chi connectivity index (χ1v) is 11.4. The van der Waals surface area contributed by atoms with Gasteiger partial charge in [-0.25, -0.2) is 13.1 Å². The van der Waals surface area contributed by atoms with Crippen LogP contribution in [0.3, 0.4) is 0 Å². The molecule has 0 amide bonds. The summed E-state index contributed by atoms with van der Waals surface area (Å²) in [5.74, 6) is -1.30. The van der Waals surface area contributed by atoms with Gasteiger partial charge in [0.2, 0.25) is 10.0 Å². The number of anilines is 1. The monoisotopic (exact) mass is 421 g/mol. The fourth-order valence-corrected chi connectivity index (χ4v) is 4.69. The van der Waals surface area contributed by atoms with Crippen LogP contribution in [0.4, 0.5) is 5.69 Å². The van der Waals surface area contributed by atoms with Crippen LogP contribution < -0.4 is 20.5 Å². The Labute approximate surface area is 172 Å². The second-order valence-electron chi connectivity index (χ2n) is 7.55. The topological polar surface area (TPSA) is 117 Å². The molecule has 0 spiro atoms. The predicted octanol–water partition coefficient (Wildman–Crippen LogP) is 0.885. The van der Waals surface area contributed by atoms with E-state index >= 15 is 0 Å². The van der Waals surface area contributed by atoms with Crippen molar-refractivity contribution >= 4 is 32.5 Å². The van der Waals surface area contributed by atoms with E-state index in [2.05, 4.69) is 10.5 Å². The van der Waals surface area contributed by atoms with Crippen LogP contribution in [0, 0.1) is 0 Å². The molecule has 2 aromatic carbocycles. The maximum Gasteiger partial charge on any atom is 0.241 e. The molecule has 1 aliphatic carbocycles. The summed E-state index contributed by atoms with van der Waals surface area (Å²) in [6, 6.07) is 11.2. The van der Waals surface area contributed by atoms with Crippen molar-refractivity contribution in [3.05, 3.63) is 36.4 Å². The van der Waals surface area contributed by atoms with Gasteiger partial charge in [-0.3, -0.25) is 0 Å². The molecule has 0 bridgehead atoms. The van der Waals surface area contributed by atoms with Gasteiger partial charge in [-0.2, -0.15) is 0 Å². The number of carboxylic acids is 1. The van der Waals surface area contributed by atoms with Crippen LogP contribution in [0.15, 0.2) is 41.3 Å². The molecule has 0 unspecified atom stereocenters. The summed E-state index contributed by atoms with van der Waals surface area (Å²) >= 11 is 0. The van der Waals surface area contributed by atoms with E-state index in [1.807, 2.05) is 31.1 Å². The van der Waals surface area contributed by atoms with Gasteiger partial charge in [0.05, 0.1) is 10.9 Å². The molecule has 1 fully saturated rings. The number of hydrogen-bond donors (Lipinski definition) is 2. The Morgan fingerprint density at radius 3 is 2.28 bits per heavy atom. The van der Waals surface area contributed by atoms with Crippen LogP contribution in [-0.4, -0.2) is 41.1 Å². The van der Waals surface area contributed by atoms with Gasteiger partial charge in [-0.1, -0.05) is 30.7 Å². The molecule has 0 aromatic heterocycles. The molecule has 1 aliphatic rings. The Bertz CT molecular complexity index is 923. The second-order valence-corrected chi connectivity index (χ2v) is 9.28. The lowest BCUT2D eigenvalue weighted by molar-refractivity contribution is -0.425. The molecule has 0 aliphatic heterocycles. The van der Waals surface area contributed by atoms with Gasteiger partial charge in [0.25, 0.3) is 0 Å². The van der Waals surface area contributed by atoms with Gasteiger partial charge in [0.15, 0.2) is 0 Å². The normalized spacial score (nSPS) is 14.9. The minimum Gasteiger partial charge on any atom is -0.550 e. The summed E-state index contributed by atoms with van der Waals surface area (Å²) in [7, 11) is -0.0186. The summed E-state index contributed by atoms with van der Waals surface area (Å²) < 4.78 is 27.0. The van der Waals surface area contributed by atoms with Gasteiger partial charge in [0, 0.05) is 49.5 Å². The molecule has 2 aromatic rings. The van der Waals surface area contributed by atoms with Crippen molar-refractivity contribution in [2.45, 2.75) is 49.5 Å². The van der Waals surface area contributed by atoms with Crippen molar-refractivity contribution in [3.63, 3.8) is 0 Å². The summed E-state index contributed by atoms with van der Waals surface area (Å²) in [5, 5.41) is 11.8. The van der Waals surface area contributed by atoms with Crippen LogP contribution >= 0.6 is 0 Å². The lowest BCUT2D eigenvalue weighted by Gasteiger charge is -2.17. The molecule has 4 N–H and O–H groups in total. The first kappa shape index (κ1) is 23.1. The van der Waals surface area contributed by atoms with E-state index in [-0.39, 0.29) is 17.9 Å². The second kappa shape index (κ2) is 10.6. The Morgan fingerprint density at radius 2 is 1.72 bits per heavy atom. The number of carbonyl (C=O) groups excluding carboxylic acids is 1. The number of hydrogen-bond acceptors (Lipinski definition) is 5. The van der Waals surface area contributed by atoms with Crippen molar-refractivity contribution < 1.29 is 24.1 Å². The number of carboxylic acid groups (broad SMARTS) is 1. The molecule has 3 rings (SSSR count). The lowest BCUT2D eigenvalue weighted by atomic mass is 9.97. The van der Waals surface area contributed by atoms with E-state index in [4.69, 9.17) is 0 Å². The minimum absolute atomic E-state index is 0.132. The smallest absolute Gasteiger partial charge is 0.241 e. The molecule has 160 valence electrons. The van der Waals surface area contributed by atoms with Crippen molar-refractivity contribution in [2.24, 2.45) is 0 Å². The largest absolute Gasteiger partial charge is 0.550 e. The highest BCUT2D eigenvalue weighted by molar-refractivity contribution is 7.89. The number of aliphatic carboxylic acids is 1. The molecule has 1 saturated carbocycles. The van der Waals surface area contributed by atoms with Crippen LogP contribution in [0.5, 0.6) is 0 Å². The van der Waals surface area contributed by atoms with E-state index in [1.165, 1.54) is 38.2 Å². The molecule has 0 radical (unpaired) electrons. The third-order valence-electron chi connectivity index (χ3n) is 4.98. The number of nitrogens with one attached hydrogen (secondary N) is 1. The van der Waals surface area contributed by atoms with Gasteiger partial charge >= 0.3 is 0 Å². The molecule has 7 nitrogen and oxygen atoms in total. The number of benzene rings is 2. The molecule has 0 saturated heterocycles. The molecule has 29 heavy (non-hydrogen) atoms. The summed E-state index contributed by atoms with van der Waals surface area (Å²) in [5.41, 5.74) is 4.90. The number of rotatable bonds is 6. The minimum atomic E-state index is -3.78. The van der Waals surface area contributed by atoms with E-state index in [9.17, 15) is 18.3 Å². The fourth-order valence-electron chi connectivity index (χ4n) is 3.44. The summed E-state index contributed by atoms with van der Waals surface area (Å²) in [4.78, 5) is 12.4. The fraction of sp³-hybridized carbons (Fsp3) is 0.476. The Hall–Kier alpha value is -2.16. The summed E-state index contributed by atoms with van der Waals surface area (Å²) in [6.45, 7) is -0.200. The van der Waals surface area contributed by atoms with E-state index in [1.54, 1.807) is 18.2 Å². The van der Waals surface area contributed by atoms with Crippen LogP contribution in [-0.2, 0) is 14.8 Å². The average Bonchev–Trinajstić information content (AvgIpc) is 2.67. The number of sulfonamides is 1. The molecular formula is C21H31N3O4S. The van der Waals surface area contributed by atoms with Crippen molar-refractivity contribution in [1.82, 2.24) is 4.72 Å². The van der Waals surface area contributed by atoms with Crippen LogP contribution in [0.2, 0.25) is 0 Å². The van der Waals surface area contributed by atoms with Crippen LogP contribution in [0.1, 0.15) is 38.5 Å². The lowest BCUT2D eigenvalue weighted by Crippen LogP contribution is -2.61. The van der Waals surface area contributed by atoms with E-state index < -0.39 is 16.0 Å². The predicted molar refractivity (Wildman–Crippen MR) is 113 cm³/mol. The van der Waals surface area contributed by atoms with E-state index in [0.717, 1.165) is 17.1 Å². The van der Waals surface area contributed by atoms with Gasteiger partial charge in [-0.15, -0.1) is 0 Å². The van der Waals surface area contributed by atoms with E-state index in [0.29, 0.717) is 5.39 Å². The zero-order valence-electron chi connectivity index (χ0n) is 17.2. The van der Waals surface area contributed by atoms with Crippen LogP contribution in [0.25, 0.3) is 10.8 Å². The highest BCUT2D eigenvalue weighted by Gasteiger charge is 2.18. The van der Waals surface area contributed by atoms with Crippen molar-refractivity contribution in [3.8, 4) is 0 Å². The third-order valence-corrected chi connectivity index (χ3v) is 6.50. The van der Waals surface area contributed by atoms with Gasteiger partial charge < -0.3 is 20.5 Å². The number of quaternary nitrogens is 1. The number of carbonyl (C=O) groups is 1. The number of fused-ring (bicyclic) bond motifs is 1. The summed E-state index contributed by atoms with van der Waals surface area (Å²) in [6.07, 6.45) is 6.68. The first-order valence-electron chi connectivity index (χ1n) is 9.94. The Kier molecular flexibility index (Phi) is 8.43. The van der Waals surface area contributed by atoms with Crippen molar-refractivity contribution in [2.75, 3.05) is 25.5 Å². The highest BCUT2D eigenvalue weighted by atomic mass is 32.2. The maximum atomic E-state index is 12.4. The van der Waals surface area contributed by atoms with Gasteiger partial charge in [0.1, 0.15) is 0 Å². The first-order chi connectivity index (χ1) is 13.7. The Balaban J connectivity index is 0.000000360. The zero-order chi connectivity index (χ0) is 21.4. The highest BCUT2D eigenvalue weighted by Crippen LogP contribution is 2.30. The standard InChI is InChI=1S/C15H18N2O4S.C6H13N/c1-17(2)13-7-3-6-12-11(13)5-4-8-14(12)22(20,21)16-10-9-15(18)19;7-6-4-2-1-3-5-6/h3-8,16H,9-10H2,1-2H3,(H,18,19);6H,1-5,7H2. The SMILES string of the molecule is CN(C)c1cccc2c(S(=O)(=O)NCCC(=O)[O-])cccc12.[NH3+]C1CCCCC1. The Morgan fingerprint density at radius 1 is 1.10 bits per heavy atom. The third kappa shape index (κ3) is 6.69. The van der Waals surface area contributed by atoms with Gasteiger partial charge in [-0.05, 0) is 37.8 Å². The number of nitrogens with zero attached hydrogens (tertiary/aromatic N) is 1. The average molecular weight is 422 g/mol. The molecular weight excluding hydrogens is 390 g/mol. The zero-order valence-corrected chi connectivity index (χ0v) is 18.0.